The second-order valence-corrected chi connectivity index (χ2v) is 5.93. The average Bonchev–Trinajstić information content (AvgIpc) is 2.66. The number of hydrogen-bond acceptors (Lipinski definition) is 5. The van der Waals surface area contributed by atoms with Crippen molar-refractivity contribution in [2.24, 2.45) is 0 Å². The van der Waals surface area contributed by atoms with Gasteiger partial charge in [-0.15, -0.1) is 0 Å². The lowest BCUT2D eigenvalue weighted by molar-refractivity contribution is -0.384. The van der Waals surface area contributed by atoms with Crippen LogP contribution in [-0.4, -0.2) is 35.5 Å². The zero-order chi connectivity index (χ0) is 19.8. The molecule has 0 fully saturated rings. The summed E-state index contributed by atoms with van der Waals surface area (Å²) in [4.78, 5) is 35.8. The van der Waals surface area contributed by atoms with Crippen LogP contribution in [0.4, 0.5) is 16.2 Å². The zero-order valence-corrected chi connectivity index (χ0v) is 15.2. The standard InChI is InChI=1S/C19H21N3O5/c1-3-11-27-18(23)15-7-9-16(10-8-15)20-19(24)21(2)13-14-5-4-6-17(12-14)22(25)26/h4-10,12H,3,11,13H2,1-2H3,(H,20,24). The molecule has 2 amide bonds. The Balaban J connectivity index is 1.95. The van der Waals surface area contributed by atoms with Crippen LogP contribution >= 0.6 is 0 Å². The molecule has 27 heavy (non-hydrogen) atoms. The molecule has 0 aromatic heterocycles. The number of nitrogens with one attached hydrogen (secondary N) is 1. The van der Waals surface area contributed by atoms with Gasteiger partial charge in [0.25, 0.3) is 5.69 Å². The molecule has 0 atom stereocenters. The molecule has 0 aliphatic heterocycles. The van der Waals surface area contributed by atoms with E-state index in [1.807, 2.05) is 6.92 Å². The summed E-state index contributed by atoms with van der Waals surface area (Å²) in [5.74, 6) is -0.405. The molecule has 2 aromatic carbocycles. The molecule has 0 radical (unpaired) electrons. The Morgan fingerprint density at radius 2 is 1.89 bits per heavy atom. The summed E-state index contributed by atoms with van der Waals surface area (Å²) in [6.07, 6.45) is 0.747. The molecule has 0 spiro atoms. The van der Waals surface area contributed by atoms with Gasteiger partial charge in [0.1, 0.15) is 0 Å². The van der Waals surface area contributed by atoms with Gasteiger partial charge in [0.05, 0.1) is 17.1 Å². The lowest BCUT2D eigenvalue weighted by Gasteiger charge is -2.18. The normalized spacial score (nSPS) is 10.1. The van der Waals surface area contributed by atoms with Crippen LogP contribution in [0.25, 0.3) is 0 Å². The van der Waals surface area contributed by atoms with Crippen LogP contribution in [-0.2, 0) is 11.3 Å². The van der Waals surface area contributed by atoms with Gasteiger partial charge in [-0.05, 0) is 36.2 Å². The topological polar surface area (TPSA) is 102 Å². The van der Waals surface area contributed by atoms with Gasteiger partial charge in [-0.25, -0.2) is 9.59 Å². The maximum absolute atomic E-state index is 12.3. The largest absolute Gasteiger partial charge is 0.462 e. The summed E-state index contributed by atoms with van der Waals surface area (Å²) in [6, 6.07) is 12.1. The van der Waals surface area contributed by atoms with E-state index in [-0.39, 0.29) is 18.3 Å². The number of amides is 2. The summed E-state index contributed by atoms with van der Waals surface area (Å²) in [5, 5.41) is 13.5. The van der Waals surface area contributed by atoms with Gasteiger partial charge in [-0.2, -0.15) is 0 Å². The van der Waals surface area contributed by atoms with E-state index in [1.54, 1.807) is 43.4 Å². The van der Waals surface area contributed by atoms with E-state index in [0.717, 1.165) is 6.42 Å². The maximum Gasteiger partial charge on any atom is 0.338 e. The molecule has 2 rings (SSSR count). The monoisotopic (exact) mass is 371 g/mol. The molecule has 0 aliphatic rings. The molecule has 1 N–H and O–H groups in total. The first-order valence-electron chi connectivity index (χ1n) is 8.43. The van der Waals surface area contributed by atoms with Crippen LogP contribution in [0, 0.1) is 10.1 Å². The minimum absolute atomic E-state index is 0.0214. The third kappa shape index (κ3) is 5.81. The third-order valence-corrected chi connectivity index (χ3v) is 3.70. The number of nitrogens with zero attached hydrogens (tertiary/aromatic N) is 2. The highest BCUT2D eigenvalue weighted by Crippen LogP contribution is 2.15. The third-order valence-electron chi connectivity index (χ3n) is 3.70. The van der Waals surface area contributed by atoms with E-state index in [9.17, 15) is 19.7 Å². The first kappa shape index (κ1) is 19.9. The number of hydrogen-bond donors (Lipinski definition) is 1. The molecular formula is C19H21N3O5. The van der Waals surface area contributed by atoms with Crippen molar-refractivity contribution < 1.29 is 19.2 Å². The number of anilines is 1. The van der Waals surface area contributed by atoms with Crippen molar-refractivity contribution in [2.45, 2.75) is 19.9 Å². The number of carbonyl (C=O) groups is 2. The van der Waals surface area contributed by atoms with Gasteiger partial charge in [-0.1, -0.05) is 19.1 Å². The van der Waals surface area contributed by atoms with E-state index < -0.39 is 10.9 Å². The fourth-order valence-electron chi connectivity index (χ4n) is 2.30. The lowest BCUT2D eigenvalue weighted by Crippen LogP contribution is -2.30. The average molecular weight is 371 g/mol. The van der Waals surface area contributed by atoms with Gasteiger partial charge in [0.15, 0.2) is 0 Å². The van der Waals surface area contributed by atoms with Gasteiger partial charge in [0.2, 0.25) is 0 Å². The van der Waals surface area contributed by atoms with E-state index in [0.29, 0.717) is 23.4 Å². The minimum atomic E-state index is -0.476. The van der Waals surface area contributed by atoms with Crippen LogP contribution in [0.15, 0.2) is 48.5 Å². The van der Waals surface area contributed by atoms with E-state index in [4.69, 9.17) is 4.74 Å². The first-order chi connectivity index (χ1) is 12.9. The highest BCUT2D eigenvalue weighted by molar-refractivity contribution is 5.92. The van der Waals surface area contributed by atoms with Crippen molar-refractivity contribution in [2.75, 3.05) is 19.0 Å². The molecule has 142 valence electrons. The highest BCUT2D eigenvalue weighted by atomic mass is 16.6. The zero-order valence-electron chi connectivity index (χ0n) is 15.2. The highest BCUT2D eigenvalue weighted by Gasteiger charge is 2.13. The second kappa shape index (κ2) is 9.33. The van der Waals surface area contributed by atoms with Crippen LogP contribution < -0.4 is 5.32 Å². The summed E-state index contributed by atoms with van der Waals surface area (Å²) in [7, 11) is 1.59. The molecule has 0 aliphatic carbocycles. The lowest BCUT2D eigenvalue weighted by atomic mass is 10.2. The summed E-state index contributed by atoms with van der Waals surface area (Å²) in [6.45, 7) is 2.49. The van der Waals surface area contributed by atoms with Crippen molar-refractivity contribution in [1.82, 2.24) is 4.90 Å². The maximum atomic E-state index is 12.3. The van der Waals surface area contributed by atoms with E-state index >= 15 is 0 Å². The molecule has 0 saturated carbocycles. The Bertz CT molecular complexity index is 820. The van der Waals surface area contributed by atoms with Crippen molar-refractivity contribution >= 4 is 23.4 Å². The van der Waals surface area contributed by atoms with Gasteiger partial charge in [0, 0.05) is 31.4 Å². The van der Waals surface area contributed by atoms with Crippen molar-refractivity contribution in [1.29, 1.82) is 0 Å². The van der Waals surface area contributed by atoms with Crippen molar-refractivity contribution in [3.8, 4) is 0 Å². The summed E-state index contributed by atoms with van der Waals surface area (Å²) >= 11 is 0. The fraction of sp³-hybridized carbons (Fsp3) is 0.263. The molecule has 0 saturated heterocycles. The van der Waals surface area contributed by atoms with Crippen molar-refractivity contribution in [3.63, 3.8) is 0 Å². The predicted molar refractivity (Wildman–Crippen MR) is 101 cm³/mol. The number of nitro groups is 1. The summed E-state index contributed by atoms with van der Waals surface area (Å²) < 4.78 is 5.05. The number of benzene rings is 2. The molecule has 8 heteroatoms. The molecule has 0 unspecified atom stereocenters. The molecular weight excluding hydrogens is 350 g/mol. The second-order valence-electron chi connectivity index (χ2n) is 5.93. The quantitative estimate of drug-likeness (QED) is 0.453. The van der Waals surface area contributed by atoms with Gasteiger partial charge >= 0.3 is 12.0 Å². The number of non-ortho nitro benzene ring substituents is 1. The summed E-state index contributed by atoms with van der Waals surface area (Å²) in [5.41, 5.74) is 1.56. The van der Waals surface area contributed by atoms with E-state index in [1.165, 1.54) is 17.0 Å². The SMILES string of the molecule is CCCOC(=O)c1ccc(NC(=O)N(C)Cc2cccc([N+](=O)[O-])c2)cc1. The minimum Gasteiger partial charge on any atom is -0.462 e. The van der Waals surface area contributed by atoms with E-state index in [2.05, 4.69) is 5.32 Å². The smallest absolute Gasteiger partial charge is 0.338 e. The van der Waals surface area contributed by atoms with Crippen LogP contribution in [0.2, 0.25) is 0 Å². The molecule has 2 aromatic rings. The number of urea groups is 1. The Labute approximate surface area is 156 Å². The first-order valence-corrected chi connectivity index (χ1v) is 8.43. The number of ether oxygens (including phenoxy) is 1. The molecule has 8 nitrogen and oxygen atoms in total. The van der Waals surface area contributed by atoms with Gasteiger partial charge in [-0.3, -0.25) is 10.1 Å². The number of esters is 1. The molecule has 0 bridgehead atoms. The Kier molecular flexibility index (Phi) is 6.87. The number of rotatable bonds is 7. The Morgan fingerprint density at radius 1 is 1.19 bits per heavy atom. The van der Waals surface area contributed by atoms with Crippen LogP contribution in [0.5, 0.6) is 0 Å². The van der Waals surface area contributed by atoms with Crippen LogP contribution in [0.1, 0.15) is 29.3 Å². The fourth-order valence-corrected chi connectivity index (χ4v) is 2.30. The predicted octanol–water partition coefficient (Wildman–Crippen LogP) is 3.83. The number of nitro benzene ring substituents is 1. The van der Waals surface area contributed by atoms with Crippen molar-refractivity contribution in [3.05, 3.63) is 69.8 Å². The Hall–Kier alpha value is -3.42. The number of carbonyl (C=O) groups excluding carboxylic acids is 2. The van der Waals surface area contributed by atoms with Crippen LogP contribution in [0.3, 0.4) is 0 Å². The Morgan fingerprint density at radius 3 is 2.52 bits per heavy atom. The molecule has 0 heterocycles. The van der Waals surface area contributed by atoms with Gasteiger partial charge < -0.3 is 15.0 Å².